The van der Waals surface area contributed by atoms with E-state index in [1.54, 1.807) is 84.0 Å². The van der Waals surface area contributed by atoms with Crippen molar-refractivity contribution in [3.05, 3.63) is 195 Å². The number of alkyl halides is 6. The zero-order chi connectivity index (χ0) is 72.6. The van der Waals surface area contributed by atoms with Gasteiger partial charge in [0, 0.05) is 109 Å². The molecule has 3 fully saturated rings. The number of rotatable bonds is 18. The number of carbonyl (C=O) groups is 2. The summed E-state index contributed by atoms with van der Waals surface area (Å²) in [4.78, 5) is 52.8. The Morgan fingerprint density at radius 3 is 1.35 bits per heavy atom. The minimum absolute atomic E-state index is 0.0117. The van der Waals surface area contributed by atoms with Gasteiger partial charge < -0.3 is 28.6 Å². The summed E-state index contributed by atoms with van der Waals surface area (Å²) < 4.78 is 110. The van der Waals surface area contributed by atoms with Gasteiger partial charge in [0.05, 0.1) is 69.4 Å². The number of amides is 2. The van der Waals surface area contributed by atoms with Crippen LogP contribution < -0.4 is 15.3 Å². The number of hydrogen-bond donors (Lipinski definition) is 0. The molecule has 8 aromatic rings. The number of aryl methyl sites for hydroxylation is 2. The highest BCUT2D eigenvalue weighted by Crippen LogP contribution is 2.41. The predicted molar refractivity (Wildman–Crippen MR) is 378 cm³/mol. The summed E-state index contributed by atoms with van der Waals surface area (Å²) in [6.07, 6.45) is 6.68. The Hall–Kier alpha value is -7.78. The van der Waals surface area contributed by atoms with E-state index in [1.807, 2.05) is 138 Å². The predicted octanol–water partition coefficient (Wildman–Crippen LogP) is 16.2. The molecule has 0 N–H and O–H groups in total. The fraction of sp³-hybridized carbons (Fsp3) is 0.444. The minimum atomic E-state index is -4.57. The summed E-state index contributed by atoms with van der Waals surface area (Å²) in [5.41, 5.74) is 3.07. The highest BCUT2D eigenvalue weighted by Gasteiger charge is 2.53. The van der Waals surface area contributed by atoms with Gasteiger partial charge in [0.15, 0.2) is 0 Å². The number of hydrogen-bond acceptors (Lipinski definition) is 14. The van der Waals surface area contributed by atoms with Crippen molar-refractivity contribution < 1.29 is 54.7 Å². The van der Waals surface area contributed by atoms with Gasteiger partial charge in [-0.05, 0) is 168 Å². The molecule has 534 valence electrons. The summed E-state index contributed by atoms with van der Waals surface area (Å²) in [5, 5.41) is 8.30. The van der Waals surface area contributed by atoms with Crippen LogP contribution >= 0.6 is 39.1 Å². The van der Waals surface area contributed by atoms with E-state index in [2.05, 4.69) is 36.1 Å². The molecule has 6 atom stereocenters. The molecule has 2 amide bonds. The van der Waals surface area contributed by atoms with Crippen LogP contribution in [0.15, 0.2) is 151 Å². The SMILES string of the molecule is CC[C@@H]1C[C@H](N(Cc2cc(Cl)cc(C(F)(F)F)c2)c2ncc(-c3cnn(C)c3)cn2)[C@H](Cc2ccccc2)N1C(=O)OC(C)C.CC[C@@H]1C[C@H](N(Cc2cc(Cl)cc(C(F)(F)F)c2)c2ncc(Br)cn2)[C@H](Cc2ccccc2)N1C(=O)OC(C)C.Cn1cc(B2OC(C)(C)C(C)(C)O2)cn1. The second-order valence-electron chi connectivity index (χ2n) is 26.8. The Kier molecular flexibility index (Phi) is 24.8. The van der Waals surface area contributed by atoms with Gasteiger partial charge in [-0.15, -0.1) is 0 Å². The van der Waals surface area contributed by atoms with Crippen LogP contribution in [-0.2, 0) is 71.2 Å². The van der Waals surface area contributed by atoms with Crippen molar-refractivity contribution >= 4 is 75.8 Å². The van der Waals surface area contributed by atoms with E-state index in [-0.39, 0.29) is 89.9 Å². The van der Waals surface area contributed by atoms with Gasteiger partial charge >= 0.3 is 31.7 Å². The average molecular weight is 1490 g/mol. The molecule has 0 aliphatic carbocycles. The van der Waals surface area contributed by atoms with E-state index in [4.69, 9.17) is 52.0 Å². The van der Waals surface area contributed by atoms with E-state index in [1.165, 1.54) is 12.1 Å². The maximum Gasteiger partial charge on any atom is 0.498 e. The first-order valence-corrected chi connectivity index (χ1v) is 34.7. The van der Waals surface area contributed by atoms with Crippen molar-refractivity contribution in [3.63, 3.8) is 0 Å². The molecular weight excluding hydrogens is 1400 g/mol. The first-order chi connectivity index (χ1) is 47.2. The fourth-order valence-corrected chi connectivity index (χ4v) is 13.5. The van der Waals surface area contributed by atoms with Gasteiger partial charge in [-0.25, -0.2) is 29.5 Å². The molecule has 0 bridgehead atoms. The number of benzene rings is 4. The van der Waals surface area contributed by atoms with Gasteiger partial charge in [-0.3, -0.25) is 19.2 Å². The van der Waals surface area contributed by atoms with Crippen LogP contribution in [0.25, 0.3) is 11.1 Å². The zero-order valence-electron chi connectivity index (χ0n) is 57.9. The van der Waals surface area contributed by atoms with E-state index in [0.717, 1.165) is 52.0 Å². The smallest absolute Gasteiger partial charge is 0.447 e. The van der Waals surface area contributed by atoms with Crippen molar-refractivity contribution in [1.82, 2.24) is 49.3 Å². The summed E-state index contributed by atoms with van der Waals surface area (Å²) in [5.74, 6) is 0.668. The van der Waals surface area contributed by atoms with E-state index in [9.17, 15) is 35.9 Å². The van der Waals surface area contributed by atoms with Gasteiger partial charge in [-0.1, -0.05) is 97.7 Å². The van der Waals surface area contributed by atoms with Crippen LogP contribution in [0.5, 0.6) is 0 Å². The lowest BCUT2D eigenvalue weighted by molar-refractivity contribution is -0.138. The molecule has 4 aromatic heterocycles. The largest absolute Gasteiger partial charge is 0.498 e. The van der Waals surface area contributed by atoms with Crippen LogP contribution in [0.3, 0.4) is 0 Å². The molecule has 4 aromatic carbocycles. The average Bonchev–Trinajstić information content (AvgIpc) is 1.61. The number of halogens is 9. The lowest BCUT2D eigenvalue weighted by Crippen LogP contribution is -2.50. The number of carbonyl (C=O) groups excluding carboxylic acids is 2. The molecule has 3 saturated heterocycles. The monoisotopic (exact) mass is 1490 g/mol. The molecular formula is C72H84BBrCl2F6N12O6. The van der Waals surface area contributed by atoms with Gasteiger partial charge in [0.25, 0.3) is 0 Å². The molecule has 11 rings (SSSR count). The molecule has 0 radical (unpaired) electrons. The summed E-state index contributed by atoms with van der Waals surface area (Å²) in [7, 11) is 3.39. The Labute approximate surface area is 599 Å². The maximum atomic E-state index is 13.8. The maximum absolute atomic E-state index is 13.8. The van der Waals surface area contributed by atoms with Crippen molar-refractivity contribution in [1.29, 1.82) is 0 Å². The highest BCUT2D eigenvalue weighted by molar-refractivity contribution is 9.10. The topological polar surface area (TPSA) is 171 Å². The third-order valence-electron chi connectivity index (χ3n) is 18.2. The van der Waals surface area contributed by atoms with Crippen molar-refractivity contribution in [3.8, 4) is 11.1 Å². The molecule has 18 nitrogen and oxygen atoms in total. The highest BCUT2D eigenvalue weighted by atomic mass is 79.9. The number of ether oxygens (including phenoxy) is 2. The van der Waals surface area contributed by atoms with Crippen molar-refractivity contribution in [2.24, 2.45) is 14.1 Å². The number of nitrogens with zero attached hydrogens (tertiary/aromatic N) is 12. The quantitative estimate of drug-likeness (QED) is 0.0587. The van der Waals surface area contributed by atoms with Crippen LogP contribution in [0.1, 0.15) is 128 Å². The van der Waals surface area contributed by atoms with Crippen LogP contribution in [0.2, 0.25) is 10.0 Å². The number of anilines is 2. The Morgan fingerprint density at radius 2 is 0.990 bits per heavy atom. The molecule has 7 heterocycles. The second kappa shape index (κ2) is 32.5. The number of likely N-dealkylation sites (tertiary alicyclic amines) is 2. The Bertz CT molecular complexity index is 3990. The second-order valence-corrected chi connectivity index (χ2v) is 28.6. The molecule has 0 unspecified atom stereocenters. The third-order valence-corrected chi connectivity index (χ3v) is 19.0. The van der Waals surface area contributed by atoms with E-state index < -0.39 is 35.7 Å². The van der Waals surface area contributed by atoms with Crippen LogP contribution in [0.4, 0.5) is 47.8 Å². The lowest BCUT2D eigenvalue weighted by atomic mass is 9.82. The number of aromatic nitrogens is 8. The zero-order valence-corrected chi connectivity index (χ0v) is 61.0. The van der Waals surface area contributed by atoms with Gasteiger partial charge in [0.1, 0.15) is 0 Å². The summed E-state index contributed by atoms with van der Waals surface area (Å²) >= 11 is 15.7. The summed E-state index contributed by atoms with van der Waals surface area (Å²) in [6.45, 7) is 19.5. The van der Waals surface area contributed by atoms with Crippen molar-refractivity contribution in [2.75, 3.05) is 9.80 Å². The molecule has 28 heteroatoms. The normalized spacial score (nSPS) is 19.5. The minimum Gasteiger partial charge on any atom is -0.447 e. The van der Waals surface area contributed by atoms with Gasteiger partial charge in [-0.2, -0.15) is 36.5 Å². The fourth-order valence-electron chi connectivity index (χ4n) is 12.7. The van der Waals surface area contributed by atoms with Crippen molar-refractivity contribution in [2.45, 2.75) is 193 Å². The molecule has 3 aliphatic rings. The van der Waals surface area contributed by atoms with E-state index in [0.29, 0.717) is 66.0 Å². The third kappa shape index (κ3) is 19.2. The molecule has 0 saturated carbocycles. The van der Waals surface area contributed by atoms with Crippen LogP contribution in [-0.4, -0.2) is 128 Å². The standard InChI is InChI=1S/C33H36ClF3N6O2.C29H31BrClF3N4O2.C10H17BN2O2/c1-5-28-15-29(30(13-22-9-7-6-8-10-22)43(28)32(44)45-21(2)3)42(19-23-11-26(33(35,36)37)14-27(34)12-23)31-38-16-24(17-39-31)25-18-40-41(4)20-25;1-4-24-14-25(26(12-19-8-6-5-7-9-19)38(24)28(39)40-18(2)3)37(27-35-15-22(30)16-36-27)17-20-10-21(29(32,33)34)13-23(31)11-20;1-9(2)10(3,4)15-11(14-9)8-6-12-13(5)7-8/h6-12,14,16-18,20-21,28-30H,5,13,15,19H2,1-4H3;5-11,13,15-16,18,24-26H,4,12,14,17H2,1-3H3;6-7H,1-5H3/t28-,29+,30+;24-,25+,26+;/m11./s1. The van der Waals surface area contributed by atoms with E-state index >= 15 is 0 Å². The molecule has 3 aliphatic heterocycles. The molecule has 0 spiro atoms. The lowest BCUT2D eigenvalue weighted by Gasteiger charge is -2.36. The Morgan fingerprint density at radius 1 is 0.590 bits per heavy atom. The van der Waals surface area contributed by atoms with Crippen LogP contribution in [0, 0.1) is 0 Å². The Balaban J connectivity index is 0.000000194. The summed E-state index contributed by atoms with van der Waals surface area (Å²) in [6, 6.07) is 24.9. The molecule has 100 heavy (non-hydrogen) atoms. The first-order valence-electron chi connectivity index (χ1n) is 33.2. The van der Waals surface area contributed by atoms with Gasteiger partial charge in [0.2, 0.25) is 11.9 Å². The first kappa shape index (κ1) is 76.4.